The fraction of sp³-hybridized carbons (Fsp3) is 0.611. The van der Waals surface area contributed by atoms with Gasteiger partial charge in [0.05, 0.1) is 11.3 Å². The Balaban J connectivity index is 2.52. The highest BCUT2D eigenvalue weighted by Gasteiger charge is 2.39. The molecule has 3 N–H and O–H groups in total. The number of hydrogen-bond donors (Lipinski definition) is 2. The molecule has 1 aliphatic heterocycles. The number of nitrogens with one attached hydrogen (secondary N) is 1. The molecule has 0 saturated heterocycles. The predicted molar refractivity (Wildman–Crippen MR) is 98.2 cm³/mol. The van der Waals surface area contributed by atoms with E-state index < -0.39 is 35.0 Å². The standard InChI is InChI=1S/C18H26F3N5O2/c1-10(18(19,20)21)15-23-12(11-9-25(5)7-6-8-26(11)15)16(28)24-13(14(22)27)17(2,3)4/h13H,1,6-9H2,2-5H3,(H2,22,27)(H,24,28)/t13-/m1/s1. The lowest BCUT2D eigenvalue weighted by Crippen LogP contribution is -2.52. The van der Waals surface area contributed by atoms with Crippen LogP contribution in [0, 0.1) is 5.41 Å². The number of fused-ring (bicyclic) bond motifs is 1. The number of alkyl halides is 3. The van der Waals surface area contributed by atoms with Crippen molar-refractivity contribution in [3.05, 3.63) is 23.8 Å². The van der Waals surface area contributed by atoms with Gasteiger partial charge in [0, 0.05) is 13.1 Å². The van der Waals surface area contributed by atoms with Gasteiger partial charge in [0.1, 0.15) is 11.9 Å². The highest BCUT2D eigenvalue weighted by atomic mass is 19.4. The van der Waals surface area contributed by atoms with Crippen molar-refractivity contribution in [2.24, 2.45) is 11.1 Å². The first-order valence-corrected chi connectivity index (χ1v) is 8.88. The van der Waals surface area contributed by atoms with Crippen LogP contribution in [0.4, 0.5) is 13.2 Å². The van der Waals surface area contributed by atoms with Crippen LogP contribution < -0.4 is 11.1 Å². The second-order valence-corrected chi connectivity index (χ2v) is 8.12. The van der Waals surface area contributed by atoms with Crippen LogP contribution in [0.5, 0.6) is 0 Å². The van der Waals surface area contributed by atoms with Crippen molar-refractivity contribution in [3.8, 4) is 0 Å². The molecule has 28 heavy (non-hydrogen) atoms. The third-order valence-electron chi connectivity index (χ3n) is 4.67. The van der Waals surface area contributed by atoms with Crippen LogP contribution in [0.3, 0.4) is 0 Å². The SMILES string of the molecule is C=C(c1nc(C(=O)N[C@H](C(N)=O)C(C)(C)C)c2n1CCCN(C)C2)C(F)(F)F. The Labute approximate surface area is 161 Å². The summed E-state index contributed by atoms with van der Waals surface area (Å²) in [6.45, 7) is 9.48. The van der Waals surface area contributed by atoms with E-state index in [1.54, 1.807) is 20.8 Å². The van der Waals surface area contributed by atoms with Crippen molar-refractivity contribution in [1.29, 1.82) is 0 Å². The Morgan fingerprint density at radius 1 is 1.25 bits per heavy atom. The lowest BCUT2D eigenvalue weighted by atomic mass is 9.86. The molecule has 2 rings (SSSR count). The molecular formula is C18H26F3N5O2. The maximum Gasteiger partial charge on any atom is 0.419 e. The maximum atomic E-state index is 13.2. The van der Waals surface area contributed by atoms with E-state index in [0.29, 0.717) is 18.7 Å². The molecule has 0 unspecified atom stereocenters. The number of carbonyl (C=O) groups is 2. The summed E-state index contributed by atoms with van der Waals surface area (Å²) < 4.78 is 41.1. The van der Waals surface area contributed by atoms with E-state index >= 15 is 0 Å². The lowest BCUT2D eigenvalue weighted by molar-refractivity contribution is -0.122. The average molecular weight is 401 g/mol. The molecule has 2 heterocycles. The van der Waals surface area contributed by atoms with E-state index in [2.05, 4.69) is 16.9 Å². The van der Waals surface area contributed by atoms with Gasteiger partial charge in [0.2, 0.25) is 5.91 Å². The number of nitrogens with two attached hydrogens (primary N) is 1. The number of hydrogen-bond acceptors (Lipinski definition) is 4. The molecule has 0 fully saturated rings. The molecule has 0 aromatic carbocycles. The number of amides is 2. The monoisotopic (exact) mass is 401 g/mol. The van der Waals surface area contributed by atoms with E-state index in [1.807, 2.05) is 11.9 Å². The molecular weight excluding hydrogens is 375 g/mol. The van der Waals surface area contributed by atoms with Crippen LogP contribution in [-0.2, 0) is 17.9 Å². The minimum absolute atomic E-state index is 0.148. The second kappa shape index (κ2) is 7.57. The van der Waals surface area contributed by atoms with Crippen molar-refractivity contribution in [2.45, 2.75) is 52.5 Å². The summed E-state index contributed by atoms with van der Waals surface area (Å²) in [5.74, 6) is -1.85. The van der Waals surface area contributed by atoms with Crippen molar-refractivity contribution < 1.29 is 22.8 Å². The van der Waals surface area contributed by atoms with E-state index in [-0.39, 0.29) is 24.6 Å². The van der Waals surface area contributed by atoms with Gasteiger partial charge in [-0.3, -0.25) is 9.59 Å². The number of rotatable bonds is 4. The first-order valence-electron chi connectivity index (χ1n) is 8.88. The molecule has 1 aliphatic rings. The Morgan fingerprint density at radius 2 is 1.86 bits per heavy atom. The molecule has 0 bridgehead atoms. The quantitative estimate of drug-likeness (QED) is 0.806. The molecule has 156 valence electrons. The molecule has 0 radical (unpaired) electrons. The number of imidazole rings is 1. The zero-order valence-electron chi connectivity index (χ0n) is 16.5. The molecule has 0 spiro atoms. The van der Waals surface area contributed by atoms with E-state index in [9.17, 15) is 22.8 Å². The van der Waals surface area contributed by atoms with Gasteiger partial charge in [-0.1, -0.05) is 27.4 Å². The summed E-state index contributed by atoms with van der Waals surface area (Å²) >= 11 is 0. The number of nitrogens with zero attached hydrogens (tertiary/aromatic N) is 3. The van der Waals surface area contributed by atoms with Gasteiger partial charge >= 0.3 is 6.18 Å². The highest BCUT2D eigenvalue weighted by molar-refractivity contribution is 5.97. The normalized spacial score (nSPS) is 16.8. The van der Waals surface area contributed by atoms with Gasteiger partial charge in [-0.2, -0.15) is 13.2 Å². The second-order valence-electron chi connectivity index (χ2n) is 8.12. The molecule has 1 aromatic rings. The zero-order valence-corrected chi connectivity index (χ0v) is 16.5. The maximum absolute atomic E-state index is 13.2. The predicted octanol–water partition coefficient (Wildman–Crippen LogP) is 1.92. The number of carbonyl (C=O) groups excluding carboxylic acids is 2. The zero-order chi connectivity index (χ0) is 21.4. The van der Waals surface area contributed by atoms with Gasteiger partial charge in [-0.05, 0) is 25.4 Å². The lowest BCUT2D eigenvalue weighted by Gasteiger charge is -2.28. The number of allylic oxidation sites excluding steroid dienone is 1. The minimum atomic E-state index is -4.67. The van der Waals surface area contributed by atoms with Crippen LogP contribution in [0.15, 0.2) is 6.58 Å². The van der Waals surface area contributed by atoms with Crippen molar-refractivity contribution in [1.82, 2.24) is 19.8 Å². The molecule has 2 amide bonds. The number of halogens is 3. The van der Waals surface area contributed by atoms with Crippen LogP contribution >= 0.6 is 0 Å². The smallest absolute Gasteiger partial charge is 0.368 e. The first-order chi connectivity index (χ1) is 12.7. The van der Waals surface area contributed by atoms with Crippen molar-refractivity contribution in [2.75, 3.05) is 13.6 Å². The Bertz CT molecular complexity index is 792. The third kappa shape index (κ3) is 4.54. The first kappa shape index (κ1) is 21.9. The fourth-order valence-electron chi connectivity index (χ4n) is 3.17. The summed E-state index contributed by atoms with van der Waals surface area (Å²) in [6, 6.07) is -1.00. The van der Waals surface area contributed by atoms with E-state index in [4.69, 9.17) is 5.73 Å². The molecule has 0 saturated carbocycles. The average Bonchev–Trinajstić information content (AvgIpc) is 2.76. The van der Waals surface area contributed by atoms with Crippen molar-refractivity contribution >= 4 is 17.4 Å². The molecule has 0 aliphatic carbocycles. The summed E-state index contributed by atoms with van der Waals surface area (Å²) in [7, 11) is 1.81. The van der Waals surface area contributed by atoms with Gasteiger partial charge in [-0.15, -0.1) is 0 Å². The van der Waals surface area contributed by atoms with Crippen LogP contribution in [0.1, 0.15) is 49.2 Å². The van der Waals surface area contributed by atoms with E-state index in [1.165, 1.54) is 4.57 Å². The molecule has 10 heteroatoms. The Hall–Kier alpha value is -2.36. The minimum Gasteiger partial charge on any atom is -0.368 e. The summed E-state index contributed by atoms with van der Waals surface area (Å²) in [6.07, 6.45) is -4.07. The molecule has 1 aromatic heterocycles. The van der Waals surface area contributed by atoms with Gasteiger partial charge in [-0.25, -0.2) is 4.98 Å². The van der Waals surface area contributed by atoms with Crippen LogP contribution in [-0.4, -0.2) is 52.1 Å². The van der Waals surface area contributed by atoms with Gasteiger partial charge in [0.15, 0.2) is 5.69 Å². The largest absolute Gasteiger partial charge is 0.419 e. The van der Waals surface area contributed by atoms with Crippen molar-refractivity contribution in [3.63, 3.8) is 0 Å². The highest BCUT2D eigenvalue weighted by Crippen LogP contribution is 2.34. The Morgan fingerprint density at radius 3 is 2.36 bits per heavy atom. The Kier molecular flexibility index (Phi) is 5.93. The van der Waals surface area contributed by atoms with Crippen LogP contribution in [0.2, 0.25) is 0 Å². The summed E-state index contributed by atoms with van der Waals surface area (Å²) in [4.78, 5) is 30.5. The third-order valence-corrected chi connectivity index (χ3v) is 4.67. The van der Waals surface area contributed by atoms with Crippen LogP contribution in [0.25, 0.3) is 5.57 Å². The summed E-state index contributed by atoms with van der Waals surface area (Å²) in [5, 5.41) is 2.53. The summed E-state index contributed by atoms with van der Waals surface area (Å²) in [5.41, 5.74) is 3.82. The fourth-order valence-corrected chi connectivity index (χ4v) is 3.17. The molecule has 1 atom stereocenters. The van der Waals surface area contributed by atoms with Gasteiger partial charge in [0.25, 0.3) is 5.91 Å². The number of primary amides is 1. The van der Waals surface area contributed by atoms with E-state index in [0.717, 1.165) is 0 Å². The molecule has 7 nitrogen and oxygen atoms in total. The topological polar surface area (TPSA) is 93.3 Å². The van der Waals surface area contributed by atoms with Gasteiger partial charge < -0.3 is 20.5 Å². The number of aromatic nitrogens is 2.